The van der Waals surface area contributed by atoms with Gasteiger partial charge in [0.2, 0.25) is 6.23 Å². The van der Waals surface area contributed by atoms with Gasteiger partial charge >= 0.3 is 24.2 Å². The van der Waals surface area contributed by atoms with E-state index < -0.39 is 72.9 Å². The summed E-state index contributed by atoms with van der Waals surface area (Å²) in [5.74, 6) is -5.16. The van der Waals surface area contributed by atoms with Crippen LogP contribution in [0.2, 0.25) is 0 Å². The number of nitrogens with zero attached hydrogens (tertiary/aromatic N) is 1. The van der Waals surface area contributed by atoms with Crippen molar-refractivity contribution in [2.75, 3.05) is 6.61 Å². The molecule has 234 valence electrons. The third-order valence-corrected chi connectivity index (χ3v) is 8.90. The van der Waals surface area contributed by atoms with E-state index in [2.05, 4.69) is 5.09 Å². The van der Waals surface area contributed by atoms with Crippen molar-refractivity contribution in [1.82, 2.24) is 14.6 Å². The van der Waals surface area contributed by atoms with Crippen LogP contribution in [0.5, 0.6) is 5.75 Å². The number of aliphatic hydroxyl groups is 1. The van der Waals surface area contributed by atoms with Crippen LogP contribution in [0.1, 0.15) is 27.0 Å². The topological polar surface area (TPSA) is 141 Å². The number of hydrogen-bond donors (Lipinski definition) is 3. The summed E-state index contributed by atoms with van der Waals surface area (Å²) in [6, 6.07) is 11.4. The molecule has 17 heteroatoms. The van der Waals surface area contributed by atoms with Crippen molar-refractivity contribution < 1.29 is 46.0 Å². The summed E-state index contributed by atoms with van der Waals surface area (Å²) in [6.07, 6.45) is -9.67. The molecule has 1 fully saturated rings. The summed E-state index contributed by atoms with van der Waals surface area (Å²) < 4.78 is 81.3. The second kappa shape index (κ2) is 12.5. The molecule has 11 nitrogen and oxygen atoms in total. The molecule has 1 saturated heterocycles. The number of aromatic nitrogens is 2. The maximum absolute atomic E-state index is 15.2. The van der Waals surface area contributed by atoms with Gasteiger partial charge < -0.3 is 23.6 Å². The van der Waals surface area contributed by atoms with Crippen LogP contribution in [-0.2, 0) is 30.6 Å². The van der Waals surface area contributed by atoms with E-state index >= 15 is 8.78 Å². The fraction of sp³-hybridized carbons (Fsp3) is 0.423. The summed E-state index contributed by atoms with van der Waals surface area (Å²) in [7, 11) is 0. The summed E-state index contributed by atoms with van der Waals surface area (Å²) >= 11 is 5.52. The number of rotatable bonds is 11. The van der Waals surface area contributed by atoms with Gasteiger partial charge in [0.25, 0.3) is 12.0 Å². The van der Waals surface area contributed by atoms with Crippen LogP contribution in [0.4, 0.5) is 17.6 Å². The van der Waals surface area contributed by atoms with Crippen molar-refractivity contribution >= 4 is 35.2 Å². The molecule has 2 aromatic carbocycles. The zero-order chi connectivity index (χ0) is 31.7. The first-order valence-electron chi connectivity index (χ1n) is 12.8. The third-order valence-electron chi connectivity index (χ3n) is 6.42. The van der Waals surface area contributed by atoms with E-state index in [1.165, 1.54) is 13.0 Å². The maximum Gasteiger partial charge on any atom is 0.330 e. The minimum Gasteiger partial charge on any atom is -0.462 e. The van der Waals surface area contributed by atoms with E-state index in [4.69, 9.17) is 30.3 Å². The number of carbonyl (C=O) groups is 1. The highest BCUT2D eigenvalue weighted by molar-refractivity contribution is 8.09. The molecule has 3 aromatic rings. The van der Waals surface area contributed by atoms with Crippen LogP contribution in [0.3, 0.4) is 0 Å². The number of hydrogen-bond acceptors (Lipinski definition) is 9. The number of alkyl halides is 4. The number of halogens is 4. The molecule has 0 radical (unpaired) electrons. The van der Waals surface area contributed by atoms with E-state index in [1.807, 2.05) is 6.07 Å². The molecule has 1 aliphatic heterocycles. The molecule has 0 saturated carbocycles. The monoisotopic (exact) mass is 649 g/mol. The normalized spacial score (nSPS) is 23.8. The lowest BCUT2D eigenvalue weighted by atomic mass is 9.96. The Morgan fingerprint density at radius 1 is 1.16 bits per heavy atom. The molecule has 0 spiro atoms. The first-order chi connectivity index (χ1) is 20.1. The van der Waals surface area contributed by atoms with Crippen LogP contribution < -0.4 is 20.9 Å². The second-order valence-electron chi connectivity index (χ2n) is 10.0. The molecule has 1 aromatic heterocycles. The number of esters is 1. The number of aromatic amines is 1. The van der Waals surface area contributed by atoms with E-state index in [1.54, 1.807) is 49.2 Å². The fourth-order valence-electron chi connectivity index (χ4n) is 4.28. The smallest absolute Gasteiger partial charge is 0.330 e. The van der Waals surface area contributed by atoms with Crippen LogP contribution in [-0.4, -0.2) is 63.4 Å². The molecule has 0 bridgehead atoms. The number of aliphatic hydroxyl groups excluding tert-OH is 1. The molecule has 2 heterocycles. The van der Waals surface area contributed by atoms with E-state index in [-0.39, 0.29) is 10.3 Å². The fourth-order valence-corrected chi connectivity index (χ4v) is 6.69. The summed E-state index contributed by atoms with van der Waals surface area (Å²) in [4.78, 5) is 37.8. The molecular weight excluding hydrogens is 621 g/mol. The molecule has 1 unspecified atom stereocenters. The number of benzene rings is 2. The van der Waals surface area contributed by atoms with Gasteiger partial charge in [0.1, 0.15) is 11.8 Å². The Morgan fingerprint density at radius 3 is 2.47 bits per heavy atom. The standard InChI is InChI=1S/C26H28F4N3O8PS/c1-14(2)39-20(35)15(3)32-42(43,41-18-9-8-16-6-4-5-7-17(16)12-18)38-13-25(22(27)28)21(36)26(29,30)23(40-25)33-11-10-19(34)31-24(33)37/h4-12,14-15,21-23,36H,13H2,1-3H3,(H,32,43)(H,31,34,37)/t15-,21+,23+,25+,42?/m0/s1. The van der Waals surface area contributed by atoms with Crippen molar-refractivity contribution in [2.45, 2.75) is 63.2 Å². The summed E-state index contributed by atoms with van der Waals surface area (Å²) in [6.45, 7) is -1.01. The Bertz CT molecular complexity index is 1650. The highest BCUT2D eigenvalue weighted by atomic mass is 32.5. The SMILES string of the molecule is CC(C)OC(=O)[C@H](C)NP(=S)(OC[C@@]1(C(F)F)O[C@@H](n2ccc(=O)[nH]c2=O)C(F)(F)[C@@H]1O)Oc1ccc2ccccc2c1. The lowest BCUT2D eigenvalue weighted by Crippen LogP contribution is -2.54. The van der Waals surface area contributed by atoms with Crippen molar-refractivity contribution in [3.8, 4) is 5.75 Å². The Kier molecular flexibility index (Phi) is 9.50. The van der Waals surface area contributed by atoms with Crippen LogP contribution >= 0.6 is 6.64 Å². The Balaban J connectivity index is 1.68. The lowest BCUT2D eigenvalue weighted by molar-refractivity contribution is -0.192. The van der Waals surface area contributed by atoms with Crippen molar-refractivity contribution in [3.63, 3.8) is 0 Å². The molecule has 1 aliphatic rings. The minimum atomic E-state index is -4.47. The largest absolute Gasteiger partial charge is 0.462 e. The highest BCUT2D eigenvalue weighted by Crippen LogP contribution is 2.53. The van der Waals surface area contributed by atoms with E-state index in [0.717, 1.165) is 5.39 Å². The number of carbonyl (C=O) groups excluding carboxylic acids is 1. The van der Waals surface area contributed by atoms with E-state index in [0.29, 0.717) is 17.6 Å². The summed E-state index contributed by atoms with van der Waals surface area (Å²) in [5, 5.41) is 14.7. The van der Waals surface area contributed by atoms with Gasteiger partial charge in [0.05, 0.1) is 12.7 Å². The van der Waals surface area contributed by atoms with Gasteiger partial charge in [-0.3, -0.25) is 19.1 Å². The van der Waals surface area contributed by atoms with Crippen molar-refractivity contribution in [3.05, 3.63) is 75.6 Å². The number of ether oxygens (including phenoxy) is 2. The van der Waals surface area contributed by atoms with Gasteiger partial charge in [0.15, 0.2) is 11.7 Å². The van der Waals surface area contributed by atoms with Gasteiger partial charge in [-0.15, -0.1) is 0 Å². The predicted molar refractivity (Wildman–Crippen MR) is 150 cm³/mol. The Hall–Kier alpha value is -3.14. The minimum absolute atomic E-state index is 0.0981. The molecule has 3 N–H and O–H groups in total. The molecular formula is C26H28F4N3O8PS. The zero-order valence-corrected chi connectivity index (χ0v) is 24.6. The molecule has 43 heavy (non-hydrogen) atoms. The highest BCUT2D eigenvalue weighted by Gasteiger charge is 2.71. The second-order valence-corrected chi connectivity index (χ2v) is 13.2. The average Bonchev–Trinajstić information content (AvgIpc) is 3.13. The number of fused-ring (bicyclic) bond motifs is 1. The van der Waals surface area contributed by atoms with Crippen molar-refractivity contribution in [1.29, 1.82) is 0 Å². The van der Waals surface area contributed by atoms with Crippen LogP contribution in [0.15, 0.2) is 64.3 Å². The maximum atomic E-state index is 15.2. The molecule has 4 rings (SSSR count). The first-order valence-corrected chi connectivity index (χ1v) is 15.5. The van der Waals surface area contributed by atoms with Gasteiger partial charge in [0, 0.05) is 12.3 Å². The quantitative estimate of drug-likeness (QED) is 0.161. The van der Waals surface area contributed by atoms with Crippen LogP contribution in [0.25, 0.3) is 10.8 Å². The Labute approximate surface area is 246 Å². The summed E-state index contributed by atoms with van der Waals surface area (Å²) in [5.41, 5.74) is -5.75. The molecule has 0 amide bonds. The van der Waals surface area contributed by atoms with Crippen molar-refractivity contribution in [2.24, 2.45) is 0 Å². The van der Waals surface area contributed by atoms with Gasteiger partial charge in [-0.2, -0.15) is 8.78 Å². The Morgan fingerprint density at radius 2 is 1.84 bits per heavy atom. The molecule has 5 atom stereocenters. The third kappa shape index (κ3) is 6.84. The van der Waals surface area contributed by atoms with E-state index in [9.17, 15) is 28.3 Å². The van der Waals surface area contributed by atoms with Gasteiger partial charge in [-0.1, -0.05) is 30.3 Å². The zero-order valence-electron chi connectivity index (χ0n) is 22.9. The first kappa shape index (κ1) is 32.8. The lowest BCUT2D eigenvalue weighted by Gasteiger charge is -2.34. The van der Waals surface area contributed by atoms with Gasteiger partial charge in [-0.25, -0.2) is 18.7 Å². The molecule has 0 aliphatic carbocycles. The van der Waals surface area contributed by atoms with Gasteiger partial charge in [-0.05, 0) is 55.5 Å². The predicted octanol–water partition coefficient (Wildman–Crippen LogP) is 3.47. The number of nitrogens with one attached hydrogen (secondary N) is 2. The average molecular weight is 650 g/mol. The number of H-pyrrole nitrogens is 1. The van der Waals surface area contributed by atoms with Crippen LogP contribution in [0, 0.1) is 0 Å².